The molecule has 0 aliphatic carbocycles. The molecular weight excluding hydrogens is 455 g/mol. The standard InChI is InChI=1S/C22H22Cl2N4O4/c23-14-6-5-13(15(24)9-14)11-28-8-7-18(32-12-20(29)30)21(28)22(31)25-10-19-26-16-3-1-2-4-17(16)27-19/h1-6,9,18,21H,7-8,10-12H2,(H,25,31)(H,26,27)(H,29,30). The van der Waals surface area contributed by atoms with Crippen LogP contribution in [0, 0.1) is 0 Å². The minimum absolute atomic E-state index is 0.213. The largest absolute Gasteiger partial charge is 0.480 e. The lowest BCUT2D eigenvalue weighted by Gasteiger charge is -2.27. The summed E-state index contributed by atoms with van der Waals surface area (Å²) in [4.78, 5) is 33.7. The first-order valence-electron chi connectivity index (χ1n) is 10.1. The van der Waals surface area contributed by atoms with E-state index < -0.39 is 24.7 Å². The summed E-state index contributed by atoms with van der Waals surface area (Å²) in [5.41, 5.74) is 2.53. The number of nitrogens with zero attached hydrogens (tertiary/aromatic N) is 2. The summed E-state index contributed by atoms with van der Waals surface area (Å²) in [7, 11) is 0. The summed E-state index contributed by atoms with van der Waals surface area (Å²) in [6.45, 7) is 0.719. The zero-order valence-electron chi connectivity index (χ0n) is 17.1. The molecule has 8 nitrogen and oxygen atoms in total. The van der Waals surface area contributed by atoms with Gasteiger partial charge in [-0.3, -0.25) is 9.69 Å². The van der Waals surface area contributed by atoms with E-state index in [1.165, 1.54) is 0 Å². The highest BCUT2D eigenvalue weighted by molar-refractivity contribution is 6.35. The first-order valence-corrected chi connectivity index (χ1v) is 10.9. The number of aromatic nitrogens is 2. The van der Waals surface area contributed by atoms with Crippen molar-refractivity contribution in [1.29, 1.82) is 0 Å². The van der Waals surface area contributed by atoms with Crippen LogP contribution in [0.5, 0.6) is 0 Å². The summed E-state index contributed by atoms with van der Waals surface area (Å²) < 4.78 is 5.54. The van der Waals surface area contributed by atoms with Crippen molar-refractivity contribution < 1.29 is 19.4 Å². The Morgan fingerprint density at radius 3 is 2.81 bits per heavy atom. The van der Waals surface area contributed by atoms with Crippen LogP contribution in [0.15, 0.2) is 42.5 Å². The fourth-order valence-corrected chi connectivity index (χ4v) is 4.39. The van der Waals surface area contributed by atoms with Gasteiger partial charge in [0.05, 0.1) is 23.7 Å². The van der Waals surface area contributed by atoms with Crippen LogP contribution >= 0.6 is 23.2 Å². The Hall–Kier alpha value is -2.65. The smallest absolute Gasteiger partial charge is 0.329 e. The molecule has 0 saturated carbocycles. The average Bonchev–Trinajstić information content (AvgIpc) is 3.36. The topological polar surface area (TPSA) is 108 Å². The molecule has 0 radical (unpaired) electrons. The number of carboxylic acid groups (broad SMARTS) is 1. The number of hydrogen-bond donors (Lipinski definition) is 3. The first kappa shape index (κ1) is 22.5. The van der Waals surface area contributed by atoms with Crippen molar-refractivity contribution in [2.75, 3.05) is 13.2 Å². The van der Waals surface area contributed by atoms with Gasteiger partial charge in [0.2, 0.25) is 5.91 Å². The number of para-hydroxylation sites is 2. The Balaban J connectivity index is 1.48. The van der Waals surface area contributed by atoms with Crippen molar-refractivity contribution >= 4 is 46.1 Å². The summed E-state index contributed by atoms with van der Waals surface area (Å²) in [5, 5.41) is 12.9. The number of likely N-dealkylation sites (tertiary alicyclic amines) is 1. The van der Waals surface area contributed by atoms with Gasteiger partial charge >= 0.3 is 5.97 Å². The van der Waals surface area contributed by atoms with Gasteiger partial charge in [0, 0.05) is 23.1 Å². The Morgan fingerprint density at radius 1 is 1.25 bits per heavy atom. The third kappa shape index (κ3) is 5.21. The van der Waals surface area contributed by atoms with Gasteiger partial charge in [0.15, 0.2) is 0 Å². The van der Waals surface area contributed by atoms with E-state index in [2.05, 4.69) is 15.3 Å². The predicted octanol–water partition coefficient (Wildman–Crippen LogP) is 3.23. The van der Waals surface area contributed by atoms with E-state index in [1.807, 2.05) is 35.2 Å². The predicted molar refractivity (Wildman–Crippen MR) is 121 cm³/mol. The number of ether oxygens (including phenoxy) is 1. The molecular formula is C22H22Cl2N4O4. The normalized spacial score (nSPS) is 18.8. The molecule has 1 aromatic heterocycles. The minimum Gasteiger partial charge on any atom is -0.480 e. The Labute approximate surface area is 194 Å². The minimum atomic E-state index is -1.08. The number of halogens is 2. The van der Waals surface area contributed by atoms with Crippen molar-refractivity contribution in [3.05, 3.63) is 63.9 Å². The Kier molecular flexibility index (Phi) is 6.95. The Morgan fingerprint density at radius 2 is 2.06 bits per heavy atom. The second kappa shape index (κ2) is 9.87. The molecule has 1 aliphatic rings. The number of rotatable bonds is 8. The maximum Gasteiger partial charge on any atom is 0.329 e. The number of H-pyrrole nitrogens is 1. The molecule has 3 aromatic rings. The van der Waals surface area contributed by atoms with Crippen LogP contribution in [-0.4, -0.2) is 57.1 Å². The van der Waals surface area contributed by atoms with Gasteiger partial charge in [0.1, 0.15) is 18.5 Å². The molecule has 2 unspecified atom stereocenters. The van der Waals surface area contributed by atoms with Gasteiger partial charge in [0.25, 0.3) is 0 Å². The number of nitrogens with one attached hydrogen (secondary N) is 2. The summed E-state index contributed by atoms with van der Waals surface area (Å²) in [5.74, 6) is -0.707. The summed E-state index contributed by atoms with van der Waals surface area (Å²) in [6.07, 6.45) is -0.0193. The van der Waals surface area contributed by atoms with E-state index >= 15 is 0 Å². The molecule has 1 fully saturated rings. The van der Waals surface area contributed by atoms with E-state index in [1.54, 1.807) is 12.1 Å². The number of carbonyl (C=O) groups is 2. The van der Waals surface area contributed by atoms with Crippen LogP contribution < -0.4 is 5.32 Å². The maximum absolute atomic E-state index is 13.2. The van der Waals surface area contributed by atoms with Crippen LogP contribution in [0.25, 0.3) is 11.0 Å². The third-order valence-electron chi connectivity index (χ3n) is 5.39. The lowest BCUT2D eigenvalue weighted by molar-refractivity contribution is -0.147. The highest BCUT2D eigenvalue weighted by atomic mass is 35.5. The number of benzene rings is 2. The fourth-order valence-electron chi connectivity index (χ4n) is 3.92. The lowest BCUT2D eigenvalue weighted by atomic mass is 10.1. The van der Waals surface area contributed by atoms with Crippen LogP contribution in [0.1, 0.15) is 17.8 Å². The van der Waals surface area contributed by atoms with Crippen LogP contribution in [-0.2, 0) is 27.4 Å². The number of hydrogen-bond acceptors (Lipinski definition) is 5. The average molecular weight is 477 g/mol. The number of amides is 1. The quantitative estimate of drug-likeness (QED) is 0.460. The first-order chi connectivity index (χ1) is 15.4. The van der Waals surface area contributed by atoms with Gasteiger partial charge in [-0.1, -0.05) is 41.4 Å². The molecule has 1 saturated heterocycles. The molecule has 1 amide bonds. The second-order valence-corrected chi connectivity index (χ2v) is 8.45. The van der Waals surface area contributed by atoms with E-state index in [9.17, 15) is 9.59 Å². The van der Waals surface area contributed by atoms with Crippen LogP contribution in [0.4, 0.5) is 0 Å². The van der Waals surface area contributed by atoms with Gasteiger partial charge in [-0.25, -0.2) is 9.78 Å². The molecule has 2 atom stereocenters. The molecule has 168 valence electrons. The highest BCUT2D eigenvalue weighted by Crippen LogP contribution is 2.28. The van der Waals surface area contributed by atoms with E-state index in [0.717, 1.165) is 16.6 Å². The summed E-state index contributed by atoms with van der Waals surface area (Å²) in [6, 6.07) is 12.2. The second-order valence-electron chi connectivity index (χ2n) is 7.60. The van der Waals surface area contributed by atoms with Crippen molar-refractivity contribution in [1.82, 2.24) is 20.2 Å². The number of carboxylic acids is 1. The van der Waals surface area contributed by atoms with Gasteiger partial charge in [-0.15, -0.1) is 0 Å². The van der Waals surface area contributed by atoms with E-state index in [0.29, 0.717) is 35.4 Å². The molecule has 0 bridgehead atoms. The molecule has 1 aliphatic heterocycles. The van der Waals surface area contributed by atoms with Crippen molar-refractivity contribution in [3.8, 4) is 0 Å². The Bertz CT molecular complexity index is 1100. The van der Waals surface area contributed by atoms with Gasteiger partial charge < -0.3 is 20.1 Å². The molecule has 2 heterocycles. The zero-order valence-corrected chi connectivity index (χ0v) is 18.6. The number of imidazole rings is 1. The van der Waals surface area contributed by atoms with Crippen LogP contribution in [0.3, 0.4) is 0 Å². The SMILES string of the molecule is O=C(O)COC1CCN(Cc2ccc(Cl)cc2Cl)C1C(=O)NCc1nc2ccccc2[nH]1. The van der Waals surface area contributed by atoms with Crippen molar-refractivity contribution in [2.45, 2.75) is 31.7 Å². The molecule has 32 heavy (non-hydrogen) atoms. The lowest BCUT2D eigenvalue weighted by Crippen LogP contribution is -2.48. The number of fused-ring (bicyclic) bond motifs is 1. The molecule has 3 N–H and O–H groups in total. The van der Waals surface area contributed by atoms with E-state index in [4.69, 9.17) is 33.0 Å². The van der Waals surface area contributed by atoms with Crippen molar-refractivity contribution in [3.63, 3.8) is 0 Å². The zero-order chi connectivity index (χ0) is 22.7. The van der Waals surface area contributed by atoms with Gasteiger partial charge in [-0.2, -0.15) is 0 Å². The molecule has 2 aromatic carbocycles. The van der Waals surface area contributed by atoms with E-state index in [-0.39, 0.29) is 12.5 Å². The van der Waals surface area contributed by atoms with Crippen molar-refractivity contribution in [2.24, 2.45) is 0 Å². The molecule has 10 heteroatoms. The number of aliphatic carboxylic acids is 1. The number of aromatic amines is 1. The third-order valence-corrected chi connectivity index (χ3v) is 5.98. The maximum atomic E-state index is 13.2. The van der Waals surface area contributed by atoms with Gasteiger partial charge in [-0.05, 0) is 36.2 Å². The fraction of sp³-hybridized carbons (Fsp3) is 0.318. The van der Waals surface area contributed by atoms with Crippen LogP contribution in [0.2, 0.25) is 10.0 Å². The molecule has 0 spiro atoms. The monoisotopic (exact) mass is 476 g/mol. The number of carbonyl (C=O) groups excluding carboxylic acids is 1. The highest BCUT2D eigenvalue weighted by Gasteiger charge is 2.40. The summed E-state index contributed by atoms with van der Waals surface area (Å²) >= 11 is 12.3. The molecule has 4 rings (SSSR count).